The average molecular weight is 591 g/mol. The summed E-state index contributed by atoms with van der Waals surface area (Å²) in [5, 5.41) is 0. The number of fused-ring (bicyclic) bond motifs is 3. The molecule has 15 heteroatoms. The first-order valence-electron chi connectivity index (χ1n) is 13.3. The number of esters is 4. The van der Waals surface area contributed by atoms with Gasteiger partial charge in [0, 0.05) is 27.7 Å². The number of carbonyl (C=O) groups excluding carboxylic acids is 4. The molecular weight excluding hydrogens is 552 g/mol. The van der Waals surface area contributed by atoms with Gasteiger partial charge in [0.2, 0.25) is 0 Å². The maximum atomic E-state index is 12.1. The molecule has 0 aliphatic carbocycles. The molecule has 232 valence electrons. The molecule has 4 aliphatic heterocycles. The lowest BCUT2D eigenvalue weighted by atomic mass is 9.97. The molecule has 0 aromatic carbocycles. The van der Waals surface area contributed by atoms with Crippen LogP contribution in [0.25, 0.3) is 0 Å². The molecule has 0 aromatic rings. The molecule has 4 heterocycles. The van der Waals surface area contributed by atoms with Crippen molar-refractivity contribution in [2.75, 3.05) is 13.2 Å². The molecule has 1 unspecified atom stereocenters. The van der Waals surface area contributed by atoms with Crippen molar-refractivity contribution in [3.05, 3.63) is 0 Å². The third-order valence-corrected chi connectivity index (χ3v) is 6.62. The number of carbonyl (C=O) groups is 4. The van der Waals surface area contributed by atoms with Crippen LogP contribution in [0.3, 0.4) is 0 Å². The standard InChI is InChI=1S/C26H38O15/c1-11(27)31-9-15-17(33-12(2)28)19(34-13(3)29)21(35-14(4)30)23(36-15)32-10-16-18-20(39-25(5,6)38-18)22-24(37-16)41-26(7,8)40-22/h15-24H,9-10H2,1-8H3/t15-,16-,17-,18+,19+,20+,21-,22-,23?,24-/m1/s1. The lowest BCUT2D eigenvalue weighted by Crippen LogP contribution is -2.63. The van der Waals surface area contributed by atoms with Crippen LogP contribution in [0.4, 0.5) is 0 Å². The van der Waals surface area contributed by atoms with Crippen molar-refractivity contribution in [1.82, 2.24) is 0 Å². The van der Waals surface area contributed by atoms with Gasteiger partial charge >= 0.3 is 23.9 Å². The van der Waals surface area contributed by atoms with Gasteiger partial charge in [0.05, 0.1) is 6.61 Å². The summed E-state index contributed by atoms with van der Waals surface area (Å²) in [6, 6.07) is 0. The van der Waals surface area contributed by atoms with Gasteiger partial charge in [0.25, 0.3) is 0 Å². The molecule has 41 heavy (non-hydrogen) atoms. The molecule has 0 amide bonds. The molecular formula is C26H38O15. The molecule has 0 saturated carbocycles. The predicted octanol–water partition coefficient (Wildman–Crippen LogP) is 0.483. The molecule has 4 fully saturated rings. The average Bonchev–Trinajstić information content (AvgIpc) is 3.32. The highest BCUT2D eigenvalue weighted by atomic mass is 16.9. The molecule has 0 spiro atoms. The smallest absolute Gasteiger partial charge is 0.303 e. The first kappa shape index (κ1) is 31.5. The Kier molecular flexibility index (Phi) is 9.28. The summed E-state index contributed by atoms with van der Waals surface area (Å²) < 4.78 is 63.8. The van der Waals surface area contributed by atoms with Gasteiger partial charge in [0.1, 0.15) is 37.1 Å². The molecule has 15 nitrogen and oxygen atoms in total. The summed E-state index contributed by atoms with van der Waals surface area (Å²) in [4.78, 5) is 47.6. The maximum absolute atomic E-state index is 12.1. The highest BCUT2D eigenvalue weighted by Crippen LogP contribution is 2.44. The fourth-order valence-electron chi connectivity index (χ4n) is 5.34. The van der Waals surface area contributed by atoms with Crippen molar-refractivity contribution in [3.63, 3.8) is 0 Å². The Morgan fingerprint density at radius 2 is 1.12 bits per heavy atom. The minimum Gasteiger partial charge on any atom is -0.463 e. The Bertz CT molecular complexity index is 1010. The molecule has 0 aromatic heterocycles. The second kappa shape index (κ2) is 12.1. The highest BCUT2D eigenvalue weighted by molar-refractivity contribution is 5.68. The van der Waals surface area contributed by atoms with Crippen LogP contribution in [0.2, 0.25) is 0 Å². The second-order valence-corrected chi connectivity index (χ2v) is 11.1. The number of hydrogen-bond acceptors (Lipinski definition) is 15. The van der Waals surface area contributed by atoms with Crippen molar-refractivity contribution in [2.24, 2.45) is 0 Å². The summed E-state index contributed by atoms with van der Waals surface area (Å²) in [6.45, 7) is 11.1. The number of hydrogen-bond donors (Lipinski definition) is 0. The summed E-state index contributed by atoms with van der Waals surface area (Å²) in [5.41, 5.74) is 0. The third-order valence-electron chi connectivity index (χ3n) is 6.62. The minimum absolute atomic E-state index is 0.179. The van der Waals surface area contributed by atoms with Crippen molar-refractivity contribution in [3.8, 4) is 0 Å². The van der Waals surface area contributed by atoms with Crippen molar-refractivity contribution >= 4 is 23.9 Å². The van der Waals surface area contributed by atoms with Gasteiger partial charge in [-0.15, -0.1) is 0 Å². The summed E-state index contributed by atoms with van der Waals surface area (Å²) in [7, 11) is 0. The van der Waals surface area contributed by atoms with Gasteiger partial charge in [-0.3, -0.25) is 19.2 Å². The van der Waals surface area contributed by atoms with Gasteiger partial charge in [-0.05, 0) is 27.7 Å². The second-order valence-electron chi connectivity index (χ2n) is 11.1. The number of ether oxygens (including phenoxy) is 11. The molecule has 0 radical (unpaired) electrons. The Labute approximate surface area is 237 Å². The van der Waals surface area contributed by atoms with Crippen LogP contribution in [-0.2, 0) is 71.3 Å². The van der Waals surface area contributed by atoms with E-state index in [2.05, 4.69) is 0 Å². The molecule has 0 N–H and O–H groups in total. The monoisotopic (exact) mass is 590 g/mol. The maximum Gasteiger partial charge on any atom is 0.303 e. The largest absolute Gasteiger partial charge is 0.463 e. The van der Waals surface area contributed by atoms with E-state index in [0.717, 1.165) is 20.8 Å². The minimum atomic E-state index is -1.37. The number of rotatable bonds is 8. The van der Waals surface area contributed by atoms with Gasteiger partial charge in [-0.1, -0.05) is 0 Å². The van der Waals surface area contributed by atoms with E-state index >= 15 is 0 Å². The van der Waals surface area contributed by atoms with Gasteiger partial charge in [-0.25, -0.2) is 0 Å². The Morgan fingerprint density at radius 3 is 1.73 bits per heavy atom. The van der Waals surface area contributed by atoms with Crippen molar-refractivity contribution < 1.29 is 71.3 Å². The van der Waals surface area contributed by atoms with E-state index in [1.165, 1.54) is 6.92 Å². The zero-order chi connectivity index (χ0) is 30.3. The van der Waals surface area contributed by atoms with Gasteiger partial charge < -0.3 is 52.1 Å². The van der Waals surface area contributed by atoms with Crippen molar-refractivity contribution in [2.45, 2.75) is 128 Å². The first-order chi connectivity index (χ1) is 19.0. The van der Waals surface area contributed by atoms with E-state index in [4.69, 9.17) is 52.1 Å². The predicted molar refractivity (Wildman–Crippen MR) is 130 cm³/mol. The van der Waals surface area contributed by atoms with E-state index in [1.807, 2.05) is 0 Å². The quantitative estimate of drug-likeness (QED) is 0.282. The van der Waals surface area contributed by atoms with Crippen LogP contribution in [0.1, 0.15) is 55.4 Å². The van der Waals surface area contributed by atoms with E-state index < -0.39 is 96.9 Å². The highest BCUT2D eigenvalue weighted by Gasteiger charge is 2.61. The van der Waals surface area contributed by atoms with Crippen LogP contribution >= 0.6 is 0 Å². The Balaban J connectivity index is 1.59. The molecule has 4 saturated heterocycles. The van der Waals surface area contributed by atoms with E-state index in [0.29, 0.717) is 0 Å². The summed E-state index contributed by atoms with van der Waals surface area (Å²) in [6.07, 6.45) is -9.82. The summed E-state index contributed by atoms with van der Waals surface area (Å²) in [5.74, 6) is -4.72. The lowest BCUT2D eigenvalue weighted by molar-refractivity contribution is -0.320. The van der Waals surface area contributed by atoms with E-state index in [9.17, 15) is 19.2 Å². The van der Waals surface area contributed by atoms with Crippen molar-refractivity contribution in [1.29, 1.82) is 0 Å². The Morgan fingerprint density at radius 1 is 0.585 bits per heavy atom. The van der Waals surface area contributed by atoms with Crippen LogP contribution in [0.15, 0.2) is 0 Å². The SMILES string of the molecule is CC(=O)OC[C@H]1OC(OC[C@H]2O[C@@H]3OC(C)(C)O[C@@H]3[C@H]3OC(C)(C)O[C@H]32)[C@H](OC(C)=O)[C@@H](OC(C)=O)[C@@H]1OC(C)=O. The first-order valence-corrected chi connectivity index (χ1v) is 13.3. The van der Waals surface area contributed by atoms with E-state index in [-0.39, 0.29) is 13.2 Å². The van der Waals surface area contributed by atoms with Gasteiger partial charge in [-0.2, -0.15) is 0 Å². The third kappa shape index (κ3) is 7.52. The molecule has 10 atom stereocenters. The Hall–Kier alpha value is -2.40. The van der Waals surface area contributed by atoms with Gasteiger partial charge in [0.15, 0.2) is 42.5 Å². The van der Waals surface area contributed by atoms with Crippen LogP contribution in [0.5, 0.6) is 0 Å². The fraction of sp³-hybridized carbons (Fsp3) is 0.846. The topological polar surface area (TPSA) is 170 Å². The molecule has 4 aliphatic rings. The zero-order valence-corrected chi connectivity index (χ0v) is 24.3. The zero-order valence-electron chi connectivity index (χ0n) is 24.3. The van der Waals surface area contributed by atoms with E-state index in [1.54, 1.807) is 27.7 Å². The normalized spacial score (nSPS) is 38.7. The lowest BCUT2D eigenvalue weighted by Gasteiger charge is -2.44. The van der Waals surface area contributed by atoms with Crippen LogP contribution in [0, 0.1) is 0 Å². The molecule has 4 rings (SSSR count). The summed E-state index contributed by atoms with van der Waals surface area (Å²) >= 11 is 0. The fourth-order valence-corrected chi connectivity index (χ4v) is 5.34. The van der Waals surface area contributed by atoms with Crippen LogP contribution < -0.4 is 0 Å². The molecule has 0 bridgehead atoms. The van der Waals surface area contributed by atoms with Crippen LogP contribution in [-0.4, -0.2) is 110 Å².